The molecule has 1 unspecified atom stereocenters. The molecule has 0 aromatic heterocycles. The molecule has 9 rings (SSSR count). The number of carbonyl (C=O) groups is 5. The second-order valence-corrected chi connectivity index (χ2v) is 23.7. The number of aryl methyl sites for hydroxylation is 1. The summed E-state index contributed by atoms with van der Waals surface area (Å²) in [5, 5.41) is 6.74. The summed E-state index contributed by atoms with van der Waals surface area (Å²) in [5.74, 6) is 0.142. The first-order chi connectivity index (χ1) is 37.0. The molecule has 5 aromatic carbocycles. The van der Waals surface area contributed by atoms with Crippen molar-refractivity contribution in [2.75, 3.05) is 78.7 Å². The molecule has 1 N–H and O–H groups in total. The van der Waals surface area contributed by atoms with Crippen LogP contribution in [-0.4, -0.2) is 106 Å². The fraction of sp³-hybridized carbons (Fsp3) is 0.390. The minimum Gasteiger partial charge on any atom is -0.493 e. The number of nitrogens with one attached hydrogen (secondary N) is 1. The number of hydrogen-bond donors (Lipinski definition) is 1. The van der Waals surface area contributed by atoms with Crippen molar-refractivity contribution >= 4 is 85.7 Å². The van der Waals surface area contributed by atoms with Crippen LogP contribution in [0.15, 0.2) is 96.2 Å². The zero-order valence-electron chi connectivity index (χ0n) is 44.9. The van der Waals surface area contributed by atoms with Crippen molar-refractivity contribution in [1.82, 2.24) is 0 Å². The molecule has 4 aliphatic rings. The van der Waals surface area contributed by atoms with Gasteiger partial charge in [-0.3, -0.25) is 24.0 Å². The number of nitrogens with zero attached hydrogens (tertiary/aromatic N) is 5. The molecule has 4 aliphatic heterocycles. The van der Waals surface area contributed by atoms with Gasteiger partial charge in [0.15, 0.2) is 23.9 Å². The summed E-state index contributed by atoms with van der Waals surface area (Å²) >= 11 is 0. The molecular formula is C59H66N6O10S2. The van der Waals surface area contributed by atoms with Gasteiger partial charge >= 0.3 is 5.97 Å². The Hall–Kier alpha value is -7.18. The number of fused-ring (bicyclic) bond motifs is 8. The van der Waals surface area contributed by atoms with E-state index in [0.717, 1.165) is 57.8 Å². The number of Topliss-reactive ketones (excluding diaryl/α,β-unsaturated/α-hetero) is 1. The van der Waals surface area contributed by atoms with Crippen molar-refractivity contribution in [3.63, 3.8) is 0 Å². The normalized spacial score (nSPS) is 16.8. The molecule has 5 aromatic rings. The second kappa shape index (κ2) is 23.6. The lowest BCUT2D eigenvalue weighted by atomic mass is 10.1. The summed E-state index contributed by atoms with van der Waals surface area (Å²) in [4.78, 5) is 80.5. The lowest BCUT2D eigenvalue weighted by molar-refractivity contribution is -0.146. The molecule has 0 bridgehead atoms. The van der Waals surface area contributed by atoms with Gasteiger partial charge in [-0.2, -0.15) is 0 Å². The fourth-order valence-electron chi connectivity index (χ4n) is 10.7. The summed E-state index contributed by atoms with van der Waals surface area (Å²) in [6.07, 6.45) is 3.68. The van der Waals surface area contributed by atoms with E-state index in [0.29, 0.717) is 59.3 Å². The second-order valence-electron chi connectivity index (χ2n) is 20.6. The average Bonchev–Trinajstić information content (AvgIpc) is 4.01. The van der Waals surface area contributed by atoms with E-state index < -0.39 is 11.9 Å². The van der Waals surface area contributed by atoms with Crippen molar-refractivity contribution in [2.24, 2.45) is 11.1 Å². The predicted molar refractivity (Wildman–Crippen MR) is 305 cm³/mol. The molecule has 0 saturated carbocycles. The van der Waals surface area contributed by atoms with Crippen LogP contribution in [0.4, 0.5) is 28.4 Å². The highest BCUT2D eigenvalue weighted by Gasteiger charge is 2.41. The third-order valence-electron chi connectivity index (χ3n) is 14.5. The van der Waals surface area contributed by atoms with Gasteiger partial charge in [0.2, 0.25) is 5.91 Å². The Balaban J connectivity index is 0.922. The molecule has 0 spiro atoms. The van der Waals surface area contributed by atoms with Crippen LogP contribution in [0.3, 0.4) is 0 Å². The number of amides is 3. The largest absolute Gasteiger partial charge is 0.493 e. The molecule has 4 heterocycles. The highest BCUT2D eigenvalue weighted by molar-refractivity contribution is 8.77. The van der Waals surface area contributed by atoms with E-state index in [2.05, 4.69) is 32.4 Å². The molecule has 0 radical (unpaired) electrons. The maximum atomic E-state index is 14.3. The number of ketones is 1. The topological polar surface area (TPSA) is 169 Å². The Kier molecular flexibility index (Phi) is 16.7. The van der Waals surface area contributed by atoms with E-state index in [1.165, 1.54) is 29.7 Å². The van der Waals surface area contributed by atoms with Gasteiger partial charge in [0.1, 0.15) is 19.0 Å². The molecule has 77 heavy (non-hydrogen) atoms. The van der Waals surface area contributed by atoms with Gasteiger partial charge in [-0.05, 0) is 117 Å². The molecule has 0 fully saturated rings. The van der Waals surface area contributed by atoms with Gasteiger partial charge in [-0.15, -0.1) is 0 Å². The zero-order chi connectivity index (χ0) is 54.5. The van der Waals surface area contributed by atoms with E-state index in [1.54, 1.807) is 30.9 Å². The summed E-state index contributed by atoms with van der Waals surface area (Å²) in [6.45, 7) is 8.99. The van der Waals surface area contributed by atoms with Gasteiger partial charge in [0.05, 0.1) is 54.7 Å². The molecule has 3 amide bonds. The number of benzene rings is 5. The van der Waals surface area contributed by atoms with Crippen molar-refractivity contribution in [3.05, 3.63) is 130 Å². The van der Waals surface area contributed by atoms with Gasteiger partial charge in [0, 0.05) is 85.9 Å². The summed E-state index contributed by atoms with van der Waals surface area (Å²) < 4.78 is 23.7. The molecule has 404 valence electrons. The van der Waals surface area contributed by atoms with Crippen LogP contribution in [0.2, 0.25) is 0 Å². The number of oxime groups is 1. The third kappa shape index (κ3) is 12.2. The van der Waals surface area contributed by atoms with Crippen LogP contribution >= 0.6 is 21.6 Å². The standard InChI is InChI=1S/C59H66N6O10S2/c1-9-60-75-34-45(66)26-41(58(70)72-8)35-76-77-59(3,4)19-18-55(67)61-42-22-37(32-73-52-28-50-46(20-36(52)2)56(68)64-43(30-62(50)5)24-39-14-10-12-16-48(39)64)21-38(23-42)33-74-54-29-51-47(27-53(54)71-7)57(69)65-44(31-63(51)6)25-40-15-11-13-17-49(40)65/h9-17,20-23,27-29,41,43-44H,18-19,24-26,30-35H2,1-8H3,(H,61,67)/t41?,43-,44-/m0/s1. The molecule has 0 aliphatic carbocycles. The molecule has 16 nitrogen and oxygen atoms in total. The number of esters is 1. The van der Waals surface area contributed by atoms with Crippen molar-refractivity contribution in [3.8, 4) is 17.2 Å². The van der Waals surface area contributed by atoms with Crippen molar-refractivity contribution in [1.29, 1.82) is 0 Å². The Morgan fingerprint density at radius 2 is 1.34 bits per heavy atom. The van der Waals surface area contributed by atoms with Crippen molar-refractivity contribution in [2.45, 2.75) is 89.8 Å². The van der Waals surface area contributed by atoms with Crippen LogP contribution in [0, 0.1) is 12.8 Å². The smallest absolute Gasteiger partial charge is 0.309 e. The number of hydrogen-bond acceptors (Lipinski definition) is 15. The van der Waals surface area contributed by atoms with Crippen LogP contribution < -0.4 is 39.1 Å². The van der Waals surface area contributed by atoms with E-state index in [4.69, 9.17) is 23.8 Å². The summed E-state index contributed by atoms with van der Waals surface area (Å²) in [6, 6.07) is 29.4. The van der Waals surface area contributed by atoms with Gasteiger partial charge in [0.25, 0.3) is 11.8 Å². The first kappa shape index (κ1) is 54.6. The number of likely N-dealkylation sites (N-methyl/N-ethyl adjacent to an activating group) is 2. The lowest BCUT2D eigenvalue weighted by Crippen LogP contribution is -2.41. The monoisotopic (exact) mass is 1080 g/mol. The van der Waals surface area contributed by atoms with Crippen LogP contribution in [0.1, 0.15) is 88.6 Å². The van der Waals surface area contributed by atoms with Gasteiger partial charge in [-0.25, -0.2) is 0 Å². The predicted octanol–water partition coefficient (Wildman–Crippen LogP) is 9.85. The molecule has 0 saturated heterocycles. The van der Waals surface area contributed by atoms with Gasteiger partial charge in [-0.1, -0.05) is 63.1 Å². The van der Waals surface area contributed by atoms with Crippen LogP contribution in [0.25, 0.3) is 0 Å². The summed E-state index contributed by atoms with van der Waals surface area (Å²) in [5.41, 5.74) is 9.79. The third-order valence-corrected chi connectivity index (χ3v) is 17.9. The number of methoxy groups -OCH3 is 2. The number of rotatable bonds is 21. The van der Waals surface area contributed by atoms with E-state index >= 15 is 0 Å². The Labute approximate surface area is 458 Å². The number of para-hydroxylation sites is 2. The number of anilines is 5. The van der Waals surface area contributed by atoms with E-state index in [9.17, 15) is 24.0 Å². The Morgan fingerprint density at radius 3 is 1.92 bits per heavy atom. The lowest BCUT2D eigenvalue weighted by Gasteiger charge is -2.25. The van der Waals surface area contributed by atoms with Gasteiger partial charge < -0.3 is 48.7 Å². The highest BCUT2D eigenvalue weighted by atomic mass is 33.1. The maximum Gasteiger partial charge on any atom is 0.309 e. The Morgan fingerprint density at radius 1 is 0.766 bits per heavy atom. The Bertz CT molecular complexity index is 3110. The summed E-state index contributed by atoms with van der Waals surface area (Å²) in [7, 11) is 9.86. The highest BCUT2D eigenvalue weighted by Crippen LogP contribution is 2.44. The minimum absolute atomic E-state index is 0.00995. The average molecular weight is 1080 g/mol. The van der Waals surface area contributed by atoms with E-state index in [1.807, 2.05) is 117 Å². The maximum absolute atomic E-state index is 14.3. The van der Waals surface area contributed by atoms with E-state index in [-0.39, 0.29) is 73.0 Å². The minimum atomic E-state index is -0.657. The van der Waals surface area contributed by atoms with Crippen molar-refractivity contribution < 1.29 is 47.8 Å². The number of ether oxygens (including phenoxy) is 4. The fourth-order valence-corrected chi connectivity index (χ4v) is 13.5. The quantitative estimate of drug-likeness (QED) is 0.0319. The first-order valence-corrected chi connectivity index (χ1v) is 28.2. The number of carbonyl (C=O) groups excluding carboxylic acids is 5. The van der Waals surface area contributed by atoms with Crippen LogP contribution in [0.5, 0.6) is 17.2 Å². The van der Waals surface area contributed by atoms with Crippen LogP contribution in [-0.2, 0) is 50.0 Å². The first-order valence-electron chi connectivity index (χ1n) is 25.8. The molecular weight excluding hydrogens is 1020 g/mol. The molecule has 18 heteroatoms. The SMILES string of the molecule is CC=NOCC(=O)CC(CSSC(C)(C)CCC(=O)Nc1cc(COc2cc3c(cc2C)C(=O)N2c4ccccc4C[C@H]2CN3C)cc(COc2cc3c(cc2OC)C(=O)N2c4ccccc4C[C@H]2CN3C)c1)C(=O)OC. The molecule has 3 atom stereocenters. The zero-order valence-corrected chi connectivity index (χ0v) is 46.5.